The number of nitrogens with one attached hydrogen (secondary N) is 1. The summed E-state index contributed by atoms with van der Waals surface area (Å²) in [5.74, 6) is 0. The topological polar surface area (TPSA) is 35.5 Å². The normalized spacial score (nSPS) is 13.7. The second-order valence-corrected chi connectivity index (χ2v) is 5.52. The number of anilines is 1. The molecule has 0 radical (unpaired) electrons. The third-order valence-corrected chi connectivity index (χ3v) is 3.75. The Bertz CT molecular complexity index is 537. The van der Waals surface area contributed by atoms with Gasteiger partial charge in [-0.2, -0.15) is 0 Å². The Morgan fingerprint density at radius 2 is 1.57 bits per heavy atom. The molecule has 0 fully saturated rings. The minimum absolute atomic E-state index is 0.0466. The smallest absolute Gasteiger partial charge is 0.0626 e. The molecule has 2 N–H and O–H groups in total. The van der Waals surface area contributed by atoms with Gasteiger partial charge in [-0.3, -0.25) is 0 Å². The van der Waals surface area contributed by atoms with Crippen LogP contribution >= 0.6 is 0 Å². The Labute approximate surface area is 127 Å². The number of nitrogens with zero attached hydrogens (tertiary/aromatic N) is 1. The molecule has 3 nitrogen and oxygen atoms in total. The number of hydrogen-bond donors (Lipinski definition) is 2. The van der Waals surface area contributed by atoms with Crippen LogP contribution in [0.2, 0.25) is 0 Å². The van der Waals surface area contributed by atoms with Crippen molar-refractivity contribution in [2.75, 3.05) is 25.6 Å². The lowest BCUT2D eigenvalue weighted by molar-refractivity contribution is 0.235. The molecule has 0 amide bonds. The maximum Gasteiger partial charge on any atom is 0.0626 e. The van der Waals surface area contributed by atoms with Crippen LogP contribution < -0.4 is 10.2 Å². The number of benzene rings is 2. The highest BCUT2D eigenvalue weighted by atomic mass is 16.3. The van der Waals surface area contributed by atoms with E-state index in [1.165, 1.54) is 11.3 Å². The zero-order valence-electron chi connectivity index (χ0n) is 13.0. The van der Waals surface area contributed by atoms with Crippen LogP contribution in [0, 0.1) is 0 Å². The first-order valence-corrected chi connectivity index (χ1v) is 7.31. The van der Waals surface area contributed by atoms with Gasteiger partial charge in [0, 0.05) is 25.8 Å². The molecule has 0 aliphatic heterocycles. The van der Waals surface area contributed by atoms with Crippen LogP contribution in [0.5, 0.6) is 0 Å². The highest BCUT2D eigenvalue weighted by molar-refractivity contribution is 5.46. The Morgan fingerprint density at radius 3 is 2.10 bits per heavy atom. The van der Waals surface area contributed by atoms with Gasteiger partial charge in [0.05, 0.1) is 12.6 Å². The van der Waals surface area contributed by atoms with E-state index in [4.69, 9.17) is 0 Å². The molecular formula is C18H24N2O. The highest BCUT2D eigenvalue weighted by Gasteiger charge is 2.14. The Balaban J connectivity index is 2.07. The molecule has 0 aliphatic carbocycles. The van der Waals surface area contributed by atoms with Gasteiger partial charge in [-0.1, -0.05) is 42.5 Å². The lowest BCUT2D eigenvalue weighted by atomic mass is 10.0. The van der Waals surface area contributed by atoms with Gasteiger partial charge in [0.1, 0.15) is 0 Å². The molecule has 2 unspecified atom stereocenters. The van der Waals surface area contributed by atoms with Gasteiger partial charge in [0.15, 0.2) is 0 Å². The fourth-order valence-corrected chi connectivity index (χ4v) is 2.40. The Morgan fingerprint density at radius 1 is 0.952 bits per heavy atom. The molecule has 3 heteroatoms. The molecule has 0 aromatic heterocycles. The average molecular weight is 284 g/mol. The lowest BCUT2D eigenvalue weighted by Gasteiger charge is -2.23. The van der Waals surface area contributed by atoms with Crippen molar-refractivity contribution in [3.05, 3.63) is 65.7 Å². The molecule has 2 aromatic rings. The molecule has 0 saturated heterocycles. The maximum absolute atomic E-state index is 9.62. The third-order valence-electron chi connectivity index (χ3n) is 3.75. The van der Waals surface area contributed by atoms with Crippen LogP contribution in [0.1, 0.15) is 30.1 Å². The van der Waals surface area contributed by atoms with Crippen molar-refractivity contribution < 1.29 is 5.11 Å². The number of aliphatic hydroxyl groups excluding tert-OH is 1. The summed E-state index contributed by atoms with van der Waals surface area (Å²) in [5.41, 5.74) is 3.51. The zero-order chi connectivity index (χ0) is 15.2. The fourth-order valence-electron chi connectivity index (χ4n) is 2.40. The van der Waals surface area contributed by atoms with Crippen LogP contribution in [-0.2, 0) is 0 Å². The second-order valence-electron chi connectivity index (χ2n) is 5.52. The van der Waals surface area contributed by atoms with E-state index in [1.54, 1.807) is 0 Å². The summed E-state index contributed by atoms with van der Waals surface area (Å²) in [6.45, 7) is 2.21. The van der Waals surface area contributed by atoms with Crippen LogP contribution in [0.3, 0.4) is 0 Å². The Hall–Kier alpha value is -1.84. The van der Waals surface area contributed by atoms with Gasteiger partial charge in [0.2, 0.25) is 0 Å². The summed E-state index contributed by atoms with van der Waals surface area (Å²) in [5, 5.41) is 13.1. The lowest BCUT2D eigenvalue weighted by Crippen LogP contribution is -2.27. The SMILES string of the molecule is CC(NC(CO)c1ccccc1)c1ccc(N(C)C)cc1. The molecule has 0 heterocycles. The first kappa shape index (κ1) is 15.5. The van der Waals surface area contributed by atoms with E-state index in [9.17, 15) is 5.11 Å². The van der Waals surface area contributed by atoms with Gasteiger partial charge in [-0.05, 0) is 30.2 Å². The summed E-state index contributed by atoms with van der Waals surface area (Å²) < 4.78 is 0. The number of rotatable bonds is 6. The molecular weight excluding hydrogens is 260 g/mol. The second kappa shape index (κ2) is 7.25. The number of aliphatic hydroxyl groups is 1. The van der Waals surface area contributed by atoms with Crippen LogP contribution in [-0.4, -0.2) is 25.8 Å². The largest absolute Gasteiger partial charge is 0.394 e. The van der Waals surface area contributed by atoms with E-state index in [0.29, 0.717) is 0 Å². The average Bonchev–Trinajstić information content (AvgIpc) is 2.53. The molecule has 0 spiro atoms. The van der Waals surface area contributed by atoms with Gasteiger partial charge in [-0.15, -0.1) is 0 Å². The maximum atomic E-state index is 9.62. The zero-order valence-corrected chi connectivity index (χ0v) is 13.0. The predicted molar refractivity (Wildman–Crippen MR) is 88.6 cm³/mol. The van der Waals surface area contributed by atoms with E-state index in [1.807, 2.05) is 44.4 Å². The van der Waals surface area contributed by atoms with E-state index in [-0.39, 0.29) is 18.7 Å². The van der Waals surface area contributed by atoms with Crippen molar-refractivity contribution >= 4 is 5.69 Å². The Kier molecular flexibility index (Phi) is 5.37. The first-order valence-electron chi connectivity index (χ1n) is 7.31. The summed E-state index contributed by atoms with van der Waals surface area (Å²) in [6, 6.07) is 18.7. The number of hydrogen-bond acceptors (Lipinski definition) is 3. The van der Waals surface area contributed by atoms with Crippen molar-refractivity contribution in [1.29, 1.82) is 0 Å². The van der Waals surface area contributed by atoms with Crippen LogP contribution in [0.15, 0.2) is 54.6 Å². The quantitative estimate of drug-likeness (QED) is 0.855. The molecule has 0 bridgehead atoms. The third kappa shape index (κ3) is 4.06. The summed E-state index contributed by atoms with van der Waals surface area (Å²) in [4.78, 5) is 2.09. The van der Waals surface area contributed by atoms with E-state index in [2.05, 4.69) is 41.4 Å². The van der Waals surface area contributed by atoms with Crippen LogP contribution in [0.4, 0.5) is 5.69 Å². The standard InChI is InChI=1S/C18H24N2O/c1-14(15-9-11-17(12-10-15)20(2)3)19-18(13-21)16-7-5-4-6-8-16/h4-12,14,18-19,21H,13H2,1-3H3. The van der Waals surface area contributed by atoms with E-state index >= 15 is 0 Å². The molecule has 0 saturated carbocycles. The molecule has 2 rings (SSSR count). The minimum Gasteiger partial charge on any atom is -0.394 e. The summed E-state index contributed by atoms with van der Waals surface area (Å²) in [6.07, 6.45) is 0. The molecule has 21 heavy (non-hydrogen) atoms. The van der Waals surface area contributed by atoms with Gasteiger partial charge < -0.3 is 15.3 Å². The monoisotopic (exact) mass is 284 g/mol. The van der Waals surface area contributed by atoms with Crippen molar-refractivity contribution in [1.82, 2.24) is 5.32 Å². The van der Waals surface area contributed by atoms with Crippen molar-refractivity contribution in [2.24, 2.45) is 0 Å². The van der Waals surface area contributed by atoms with E-state index in [0.717, 1.165) is 5.56 Å². The molecule has 2 aromatic carbocycles. The van der Waals surface area contributed by atoms with Crippen molar-refractivity contribution in [3.63, 3.8) is 0 Å². The first-order chi connectivity index (χ1) is 10.1. The van der Waals surface area contributed by atoms with Gasteiger partial charge in [-0.25, -0.2) is 0 Å². The molecule has 0 aliphatic rings. The van der Waals surface area contributed by atoms with E-state index < -0.39 is 0 Å². The summed E-state index contributed by atoms with van der Waals surface area (Å²) in [7, 11) is 4.07. The molecule has 2 atom stereocenters. The van der Waals surface area contributed by atoms with Crippen LogP contribution in [0.25, 0.3) is 0 Å². The van der Waals surface area contributed by atoms with Crippen molar-refractivity contribution in [3.8, 4) is 0 Å². The van der Waals surface area contributed by atoms with Crippen molar-refractivity contribution in [2.45, 2.75) is 19.0 Å². The fraction of sp³-hybridized carbons (Fsp3) is 0.333. The highest BCUT2D eigenvalue weighted by Crippen LogP contribution is 2.21. The minimum atomic E-state index is -0.0466. The summed E-state index contributed by atoms with van der Waals surface area (Å²) >= 11 is 0. The predicted octanol–water partition coefficient (Wildman–Crippen LogP) is 3.14. The van der Waals surface area contributed by atoms with Gasteiger partial charge in [0.25, 0.3) is 0 Å². The van der Waals surface area contributed by atoms with Gasteiger partial charge >= 0.3 is 0 Å². The molecule has 112 valence electrons.